The molecule has 1 unspecified atom stereocenters. The van der Waals surface area contributed by atoms with Crippen LogP contribution in [-0.4, -0.2) is 6.04 Å². The Kier molecular flexibility index (Phi) is 2.32. The Hall–Kier alpha value is -1.24. The van der Waals surface area contributed by atoms with Gasteiger partial charge in [0.15, 0.2) is 0 Å². The maximum atomic E-state index is 3.93. The molecule has 2 rings (SSSR count). The van der Waals surface area contributed by atoms with Crippen molar-refractivity contribution >= 4 is 5.69 Å². The molecule has 74 valence electrons. The maximum absolute atomic E-state index is 3.93. The third kappa shape index (κ3) is 1.33. The second kappa shape index (κ2) is 3.49. The first-order valence-electron chi connectivity index (χ1n) is 5.22. The van der Waals surface area contributed by atoms with Crippen molar-refractivity contribution in [2.75, 3.05) is 5.32 Å². The smallest absolute Gasteiger partial charge is 0.0388 e. The molecule has 0 aromatic heterocycles. The van der Waals surface area contributed by atoms with Crippen LogP contribution >= 0.6 is 0 Å². The summed E-state index contributed by atoms with van der Waals surface area (Å²) in [5.74, 6) is 1.09. The number of para-hydroxylation sites is 1. The van der Waals surface area contributed by atoms with Crippen LogP contribution in [0.1, 0.15) is 25.3 Å². The van der Waals surface area contributed by atoms with Crippen molar-refractivity contribution in [3.63, 3.8) is 0 Å². The molecular formula is C13H17N. The number of fused-ring (bicyclic) bond motifs is 1. The average molecular weight is 187 g/mol. The van der Waals surface area contributed by atoms with Gasteiger partial charge in [0, 0.05) is 17.6 Å². The van der Waals surface area contributed by atoms with Gasteiger partial charge in [-0.3, -0.25) is 0 Å². The quantitative estimate of drug-likeness (QED) is 0.700. The second-order valence-electron chi connectivity index (χ2n) is 4.26. The van der Waals surface area contributed by atoms with Crippen LogP contribution in [0.25, 0.3) is 0 Å². The molecule has 1 heteroatoms. The van der Waals surface area contributed by atoms with Crippen LogP contribution < -0.4 is 5.32 Å². The zero-order valence-electron chi connectivity index (χ0n) is 8.83. The van der Waals surface area contributed by atoms with Crippen LogP contribution in [-0.2, 0) is 0 Å². The van der Waals surface area contributed by atoms with E-state index >= 15 is 0 Å². The first-order chi connectivity index (χ1) is 6.74. The molecule has 1 heterocycles. The molecule has 14 heavy (non-hydrogen) atoms. The van der Waals surface area contributed by atoms with Crippen molar-refractivity contribution in [3.8, 4) is 0 Å². The molecule has 0 aliphatic carbocycles. The van der Waals surface area contributed by atoms with E-state index in [-0.39, 0.29) is 0 Å². The number of hydrogen-bond acceptors (Lipinski definition) is 1. The fourth-order valence-corrected chi connectivity index (χ4v) is 2.24. The van der Waals surface area contributed by atoms with E-state index < -0.39 is 0 Å². The Bertz CT molecular complexity index is 341. The van der Waals surface area contributed by atoms with Crippen LogP contribution in [0.2, 0.25) is 0 Å². The highest BCUT2D eigenvalue weighted by Gasteiger charge is 2.31. The lowest BCUT2D eigenvalue weighted by Crippen LogP contribution is -2.25. The van der Waals surface area contributed by atoms with Gasteiger partial charge in [0.25, 0.3) is 0 Å². The van der Waals surface area contributed by atoms with E-state index in [1.807, 2.05) is 0 Å². The molecule has 2 atom stereocenters. The van der Waals surface area contributed by atoms with Crippen molar-refractivity contribution in [2.45, 2.75) is 25.8 Å². The molecule has 0 amide bonds. The SMILES string of the molecule is C=CC1c2ccccc2N[C@@H]1C(C)C. The van der Waals surface area contributed by atoms with Crippen molar-refractivity contribution in [3.05, 3.63) is 42.5 Å². The molecule has 0 fully saturated rings. The lowest BCUT2D eigenvalue weighted by Gasteiger charge is -2.21. The van der Waals surface area contributed by atoms with E-state index in [2.05, 4.69) is 56.1 Å². The summed E-state index contributed by atoms with van der Waals surface area (Å²) < 4.78 is 0. The van der Waals surface area contributed by atoms with Crippen LogP contribution in [0.3, 0.4) is 0 Å². The van der Waals surface area contributed by atoms with Crippen LogP contribution in [0, 0.1) is 5.92 Å². The van der Waals surface area contributed by atoms with Gasteiger partial charge in [-0.1, -0.05) is 38.1 Å². The fourth-order valence-electron chi connectivity index (χ4n) is 2.24. The molecule has 0 spiro atoms. The lowest BCUT2D eigenvalue weighted by molar-refractivity contribution is 0.506. The van der Waals surface area contributed by atoms with E-state index in [1.165, 1.54) is 11.3 Å². The summed E-state index contributed by atoms with van der Waals surface area (Å²) >= 11 is 0. The van der Waals surface area contributed by atoms with Gasteiger partial charge in [0.2, 0.25) is 0 Å². The Morgan fingerprint density at radius 2 is 2.07 bits per heavy atom. The summed E-state index contributed by atoms with van der Waals surface area (Å²) in [6.07, 6.45) is 2.06. The van der Waals surface area contributed by atoms with Crippen molar-refractivity contribution < 1.29 is 0 Å². The minimum atomic E-state index is 0.464. The molecule has 1 aliphatic heterocycles. The van der Waals surface area contributed by atoms with Crippen molar-refractivity contribution in [2.24, 2.45) is 5.92 Å². The topological polar surface area (TPSA) is 12.0 Å². The Balaban J connectivity index is 2.38. The predicted octanol–water partition coefficient (Wildman–Crippen LogP) is 3.41. The number of hydrogen-bond donors (Lipinski definition) is 1. The molecular weight excluding hydrogens is 170 g/mol. The number of rotatable bonds is 2. The third-order valence-corrected chi connectivity index (χ3v) is 3.00. The Morgan fingerprint density at radius 3 is 2.71 bits per heavy atom. The van der Waals surface area contributed by atoms with Gasteiger partial charge in [0.05, 0.1) is 0 Å². The van der Waals surface area contributed by atoms with E-state index in [0.29, 0.717) is 17.9 Å². The molecule has 1 N–H and O–H groups in total. The van der Waals surface area contributed by atoms with Crippen LogP contribution in [0.5, 0.6) is 0 Å². The number of nitrogens with one attached hydrogen (secondary N) is 1. The summed E-state index contributed by atoms with van der Waals surface area (Å²) in [7, 11) is 0. The lowest BCUT2D eigenvalue weighted by atomic mass is 9.89. The van der Waals surface area contributed by atoms with E-state index in [4.69, 9.17) is 0 Å². The normalized spacial score (nSPS) is 24.5. The van der Waals surface area contributed by atoms with E-state index in [0.717, 1.165) is 0 Å². The minimum absolute atomic E-state index is 0.464. The number of benzene rings is 1. The fraction of sp³-hybridized carbons (Fsp3) is 0.385. The molecule has 0 saturated heterocycles. The van der Waals surface area contributed by atoms with Gasteiger partial charge in [-0.2, -0.15) is 0 Å². The zero-order chi connectivity index (χ0) is 10.1. The molecule has 1 nitrogen and oxygen atoms in total. The monoisotopic (exact) mass is 187 g/mol. The van der Waals surface area contributed by atoms with Crippen LogP contribution in [0.4, 0.5) is 5.69 Å². The molecule has 1 aromatic rings. The van der Waals surface area contributed by atoms with Crippen molar-refractivity contribution in [1.29, 1.82) is 0 Å². The van der Waals surface area contributed by atoms with Gasteiger partial charge in [0.1, 0.15) is 0 Å². The largest absolute Gasteiger partial charge is 0.381 e. The highest BCUT2D eigenvalue weighted by molar-refractivity contribution is 5.60. The number of anilines is 1. The van der Waals surface area contributed by atoms with E-state index in [9.17, 15) is 0 Å². The van der Waals surface area contributed by atoms with Gasteiger partial charge in [-0.25, -0.2) is 0 Å². The maximum Gasteiger partial charge on any atom is 0.0388 e. The minimum Gasteiger partial charge on any atom is -0.381 e. The van der Waals surface area contributed by atoms with Gasteiger partial charge < -0.3 is 5.32 Å². The van der Waals surface area contributed by atoms with E-state index in [1.54, 1.807) is 0 Å². The molecule has 0 bridgehead atoms. The first-order valence-corrected chi connectivity index (χ1v) is 5.22. The zero-order valence-corrected chi connectivity index (χ0v) is 8.83. The summed E-state index contributed by atoms with van der Waals surface area (Å²) in [4.78, 5) is 0. The average Bonchev–Trinajstić information content (AvgIpc) is 2.56. The highest BCUT2D eigenvalue weighted by Crippen LogP contribution is 2.38. The molecule has 1 aromatic carbocycles. The van der Waals surface area contributed by atoms with Gasteiger partial charge in [-0.15, -0.1) is 6.58 Å². The van der Waals surface area contributed by atoms with Crippen molar-refractivity contribution in [1.82, 2.24) is 0 Å². The molecule has 0 saturated carbocycles. The standard InChI is InChI=1S/C13H17N/c1-4-10-11-7-5-6-8-12(11)14-13(10)9(2)3/h4-10,13-14H,1H2,2-3H3/t10?,13-/m1/s1. The summed E-state index contributed by atoms with van der Waals surface area (Å²) in [5, 5.41) is 3.56. The van der Waals surface area contributed by atoms with Gasteiger partial charge >= 0.3 is 0 Å². The Labute approximate surface area is 85.8 Å². The third-order valence-electron chi connectivity index (χ3n) is 3.00. The highest BCUT2D eigenvalue weighted by atomic mass is 15.0. The molecule has 0 radical (unpaired) electrons. The second-order valence-corrected chi connectivity index (χ2v) is 4.26. The first kappa shape index (κ1) is 9.32. The molecule has 1 aliphatic rings. The summed E-state index contributed by atoms with van der Waals surface area (Å²) in [6, 6.07) is 9.02. The Morgan fingerprint density at radius 1 is 1.36 bits per heavy atom. The van der Waals surface area contributed by atoms with Gasteiger partial charge in [-0.05, 0) is 17.5 Å². The predicted molar refractivity (Wildman–Crippen MR) is 61.6 cm³/mol. The summed E-state index contributed by atoms with van der Waals surface area (Å²) in [6.45, 7) is 8.43. The summed E-state index contributed by atoms with van der Waals surface area (Å²) in [5.41, 5.74) is 2.66. The van der Waals surface area contributed by atoms with Crippen LogP contribution in [0.15, 0.2) is 36.9 Å².